The molecule has 2 heteroatoms. The van der Waals surface area contributed by atoms with Crippen LogP contribution in [0.2, 0.25) is 0 Å². The van der Waals surface area contributed by atoms with Crippen molar-refractivity contribution in [3.63, 3.8) is 0 Å². The number of nitrogens with two attached hydrogens (primary N) is 1. The van der Waals surface area contributed by atoms with E-state index in [-0.39, 0.29) is 12.1 Å². The average Bonchev–Trinajstić information content (AvgIpc) is 2.72. The molecule has 0 amide bonds. The minimum Gasteiger partial charge on any atom is -0.369 e. The zero-order valence-electron chi connectivity index (χ0n) is 15.5. The third-order valence-electron chi connectivity index (χ3n) is 5.97. The molecule has 0 bridgehead atoms. The third kappa shape index (κ3) is 3.09. The number of hydrogen-bond acceptors (Lipinski definition) is 2. The Morgan fingerprint density at radius 2 is 1.81 bits per heavy atom. The van der Waals surface area contributed by atoms with Crippen molar-refractivity contribution in [3.8, 4) is 0 Å². The van der Waals surface area contributed by atoms with E-state index in [0.29, 0.717) is 6.61 Å². The summed E-state index contributed by atoms with van der Waals surface area (Å²) < 4.78 is 6.33. The molecule has 3 aromatic carbocycles. The largest absolute Gasteiger partial charge is 0.369 e. The SMILES string of the molecule is N[C@@H]1Cc2c(ccc3c4c(ccc23)CCC=C4)C(OCc2ccccc2)C1. The van der Waals surface area contributed by atoms with Gasteiger partial charge in [-0.1, -0.05) is 66.7 Å². The van der Waals surface area contributed by atoms with Gasteiger partial charge in [0.25, 0.3) is 0 Å². The predicted octanol–water partition coefficient (Wildman–Crippen LogP) is 5.33. The molecule has 0 aromatic heterocycles. The van der Waals surface area contributed by atoms with Crippen LogP contribution in [0, 0.1) is 0 Å². The number of rotatable bonds is 3. The maximum atomic E-state index is 6.44. The molecule has 136 valence electrons. The summed E-state index contributed by atoms with van der Waals surface area (Å²) in [6, 6.07) is 19.7. The van der Waals surface area contributed by atoms with Gasteiger partial charge in [0.2, 0.25) is 0 Å². The Kier molecular flexibility index (Phi) is 4.31. The molecule has 0 heterocycles. The molecule has 0 aliphatic heterocycles. The smallest absolute Gasteiger partial charge is 0.0847 e. The Balaban J connectivity index is 1.54. The lowest BCUT2D eigenvalue weighted by atomic mass is 9.81. The zero-order valence-corrected chi connectivity index (χ0v) is 15.5. The van der Waals surface area contributed by atoms with Crippen LogP contribution in [0.4, 0.5) is 0 Å². The van der Waals surface area contributed by atoms with Gasteiger partial charge in [0.15, 0.2) is 0 Å². The van der Waals surface area contributed by atoms with Crippen LogP contribution in [0.3, 0.4) is 0 Å². The van der Waals surface area contributed by atoms with E-state index in [9.17, 15) is 0 Å². The number of allylic oxidation sites excluding steroid dienone is 1. The van der Waals surface area contributed by atoms with Gasteiger partial charge in [-0.25, -0.2) is 0 Å². The summed E-state index contributed by atoms with van der Waals surface area (Å²) in [4.78, 5) is 0. The highest BCUT2D eigenvalue weighted by molar-refractivity contribution is 5.95. The summed E-state index contributed by atoms with van der Waals surface area (Å²) in [6.07, 6.45) is 8.75. The second-order valence-electron chi connectivity index (χ2n) is 7.79. The van der Waals surface area contributed by atoms with Gasteiger partial charge in [-0.05, 0) is 64.3 Å². The van der Waals surface area contributed by atoms with Crippen LogP contribution >= 0.6 is 0 Å². The van der Waals surface area contributed by atoms with Crippen molar-refractivity contribution >= 4 is 16.8 Å². The van der Waals surface area contributed by atoms with Gasteiger partial charge in [-0.15, -0.1) is 0 Å². The Hall–Kier alpha value is -2.42. The lowest BCUT2D eigenvalue weighted by Gasteiger charge is -2.31. The van der Waals surface area contributed by atoms with E-state index in [2.05, 4.69) is 60.7 Å². The van der Waals surface area contributed by atoms with Gasteiger partial charge in [-0.2, -0.15) is 0 Å². The lowest BCUT2D eigenvalue weighted by Crippen LogP contribution is -2.31. The molecule has 5 rings (SSSR count). The van der Waals surface area contributed by atoms with Crippen LogP contribution in [0.1, 0.15) is 46.8 Å². The van der Waals surface area contributed by atoms with Crippen molar-refractivity contribution in [1.82, 2.24) is 0 Å². The molecule has 2 atom stereocenters. The van der Waals surface area contributed by atoms with Crippen LogP contribution in [0.5, 0.6) is 0 Å². The minimum atomic E-state index is 0.0694. The summed E-state index contributed by atoms with van der Waals surface area (Å²) in [5.41, 5.74) is 13.2. The van der Waals surface area contributed by atoms with E-state index in [1.54, 1.807) is 0 Å². The summed E-state index contributed by atoms with van der Waals surface area (Å²) in [6.45, 7) is 0.628. The highest BCUT2D eigenvalue weighted by Gasteiger charge is 2.27. The van der Waals surface area contributed by atoms with E-state index in [1.807, 2.05) is 6.07 Å². The maximum absolute atomic E-state index is 6.44. The van der Waals surface area contributed by atoms with E-state index in [0.717, 1.165) is 25.7 Å². The highest BCUT2D eigenvalue weighted by atomic mass is 16.5. The number of aryl methyl sites for hydroxylation is 1. The van der Waals surface area contributed by atoms with Crippen LogP contribution in [-0.2, 0) is 24.2 Å². The first-order chi connectivity index (χ1) is 13.3. The lowest BCUT2D eigenvalue weighted by molar-refractivity contribution is 0.0248. The van der Waals surface area contributed by atoms with Gasteiger partial charge < -0.3 is 10.5 Å². The molecule has 2 nitrogen and oxygen atoms in total. The molecule has 1 unspecified atom stereocenters. The Labute approximate surface area is 160 Å². The van der Waals surface area contributed by atoms with Crippen molar-refractivity contribution in [3.05, 3.63) is 88.5 Å². The molecular weight excluding hydrogens is 330 g/mol. The summed E-state index contributed by atoms with van der Waals surface area (Å²) in [5.74, 6) is 0. The Morgan fingerprint density at radius 1 is 0.963 bits per heavy atom. The van der Waals surface area contributed by atoms with Gasteiger partial charge in [0.1, 0.15) is 0 Å². The highest BCUT2D eigenvalue weighted by Crippen LogP contribution is 2.39. The van der Waals surface area contributed by atoms with Crippen molar-refractivity contribution < 1.29 is 4.74 Å². The number of ether oxygens (including phenoxy) is 1. The van der Waals surface area contributed by atoms with Crippen molar-refractivity contribution in [1.29, 1.82) is 0 Å². The fourth-order valence-corrected chi connectivity index (χ4v) is 4.61. The van der Waals surface area contributed by atoms with Crippen molar-refractivity contribution in [2.24, 2.45) is 5.73 Å². The molecule has 2 aliphatic carbocycles. The fraction of sp³-hybridized carbons (Fsp3) is 0.280. The number of benzene rings is 3. The zero-order chi connectivity index (χ0) is 18.2. The van der Waals surface area contributed by atoms with Crippen LogP contribution in [-0.4, -0.2) is 6.04 Å². The minimum absolute atomic E-state index is 0.0694. The monoisotopic (exact) mass is 355 g/mol. The topological polar surface area (TPSA) is 35.2 Å². The first kappa shape index (κ1) is 16.7. The van der Waals surface area contributed by atoms with Gasteiger partial charge in [0.05, 0.1) is 12.7 Å². The standard InChI is InChI=1S/C25H25NO/c26-19-14-24-22-11-10-18-8-4-5-9-20(18)21(22)12-13-23(24)25(15-19)27-16-17-6-2-1-3-7-17/h1-3,5-7,9-13,19,25H,4,8,14-16,26H2/t19-,25?/m1/s1. The molecule has 0 spiro atoms. The second kappa shape index (κ2) is 6.95. The molecule has 0 saturated carbocycles. The summed E-state index contributed by atoms with van der Waals surface area (Å²) in [7, 11) is 0. The number of hydrogen-bond donors (Lipinski definition) is 1. The molecule has 2 N–H and O–H groups in total. The van der Waals surface area contributed by atoms with Crippen molar-refractivity contribution in [2.45, 2.75) is 44.4 Å². The fourth-order valence-electron chi connectivity index (χ4n) is 4.61. The third-order valence-corrected chi connectivity index (χ3v) is 5.97. The van der Waals surface area contributed by atoms with Crippen LogP contribution < -0.4 is 5.73 Å². The van der Waals surface area contributed by atoms with Gasteiger partial charge >= 0.3 is 0 Å². The van der Waals surface area contributed by atoms with E-state index in [1.165, 1.54) is 38.6 Å². The molecule has 2 aliphatic rings. The molecule has 27 heavy (non-hydrogen) atoms. The molecule has 3 aromatic rings. The number of fused-ring (bicyclic) bond motifs is 5. The average molecular weight is 355 g/mol. The van der Waals surface area contributed by atoms with E-state index >= 15 is 0 Å². The Bertz CT molecular complexity index is 1010. The second-order valence-corrected chi connectivity index (χ2v) is 7.79. The normalized spacial score (nSPS) is 21.1. The van der Waals surface area contributed by atoms with Crippen LogP contribution in [0.15, 0.2) is 60.7 Å². The quantitative estimate of drug-likeness (QED) is 0.689. The maximum Gasteiger partial charge on any atom is 0.0847 e. The van der Waals surface area contributed by atoms with Crippen molar-refractivity contribution in [2.75, 3.05) is 0 Å². The first-order valence-electron chi connectivity index (χ1n) is 9.94. The van der Waals surface area contributed by atoms with Gasteiger partial charge in [-0.3, -0.25) is 0 Å². The summed E-state index contributed by atoms with van der Waals surface area (Å²) >= 11 is 0. The molecule has 0 saturated heterocycles. The molecule has 0 fully saturated rings. The summed E-state index contributed by atoms with van der Waals surface area (Å²) in [5, 5.41) is 2.71. The predicted molar refractivity (Wildman–Crippen MR) is 112 cm³/mol. The van der Waals surface area contributed by atoms with Gasteiger partial charge in [0, 0.05) is 6.04 Å². The molecule has 0 radical (unpaired) electrons. The van der Waals surface area contributed by atoms with E-state index in [4.69, 9.17) is 10.5 Å². The van der Waals surface area contributed by atoms with E-state index < -0.39 is 0 Å². The first-order valence-corrected chi connectivity index (χ1v) is 9.94. The van der Waals surface area contributed by atoms with Crippen LogP contribution in [0.25, 0.3) is 16.8 Å². The Morgan fingerprint density at radius 3 is 2.70 bits per heavy atom. The molecular formula is C25H25NO.